The van der Waals surface area contributed by atoms with Crippen LogP contribution in [0.1, 0.15) is 17.2 Å². The summed E-state index contributed by atoms with van der Waals surface area (Å²) in [4.78, 5) is 4.02. The molecular formula is C12H14N2OS. The quantitative estimate of drug-likeness (QED) is 0.854. The lowest BCUT2D eigenvalue weighted by Gasteiger charge is -2.12. The summed E-state index contributed by atoms with van der Waals surface area (Å²) < 4.78 is 0. The zero-order valence-corrected chi connectivity index (χ0v) is 9.87. The molecule has 4 heteroatoms. The molecule has 2 heterocycles. The van der Waals surface area contributed by atoms with Crippen LogP contribution in [0.4, 0.5) is 5.69 Å². The predicted molar refractivity (Wildman–Crippen MR) is 66.7 cm³/mol. The minimum absolute atomic E-state index is 0.459. The predicted octanol–water partition coefficient (Wildman–Crippen LogP) is 2.60. The van der Waals surface area contributed by atoms with Crippen molar-refractivity contribution in [1.82, 2.24) is 4.98 Å². The maximum atomic E-state index is 9.89. The van der Waals surface area contributed by atoms with Gasteiger partial charge in [-0.3, -0.25) is 4.98 Å². The normalized spacial score (nSPS) is 12.4. The van der Waals surface area contributed by atoms with Gasteiger partial charge >= 0.3 is 0 Å². The molecule has 16 heavy (non-hydrogen) atoms. The molecular weight excluding hydrogens is 220 g/mol. The molecule has 2 rings (SSSR count). The Hall–Kier alpha value is -1.39. The zero-order chi connectivity index (χ0) is 11.4. The molecule has 1 unspecified atom stereocenters. The number of anilines is 1. The van der Waals surface area contributed by atoms with Gasteiger partial charge < -0.3 is 10.4 Å². The highest BCUT2D eigenvalue weighted by atomic mass is 32.1. The zero-order valence-electron chi connectivity index (χ0n) is 9.05. The minimum Gasteiger partial charge on any atom is -0.387 e. The van der Waals surface area contributed by atoms with E-state index < -0.39 is 6.10 Å². The highest BCUT2D eigenvalue weighted by Gasteiger charge is 2.07. The van der Waals surface area contributed by atoms with E-state index in [0.717, 1.165) is 16.8 Å². The highest BCUT2D eigenvalue weighted by Crippen LogP contribution is 2.18. The third kappa shape index (κ3) is 2.59. The van der Waals surface area contributed by atoms with E-state index in [2.05, 4.69) is 10.3 Å². The lowest BCUT2D eigenvalue weighted by molar-refractivity contribution is 0.192. The minimum atomic E-state index is -0.459. The van der Waals surface area contributed by atoms with Crippen molar-refractivity contribution in [2.75, 3.05) is 11.9 Å². The number of aliphatic hydroxyl groups is 1. The summed E-state index contributed by atoms with van der Waals surface area (Å²) in [5.74, 6) is 0. The van der Waals surface area contributed by atoms with Gasteiger partial charge in [0.05, 0.1) is 6.10 Å². The Kier molecular flexibility index (Phi) is 3.54. The molecule has 0 saturated carbocycles. The smallest absolute Gasteiger partial charge is 0.0970 e. The first-order valence-corrected chi connectivity index (χ1v) is 6.06. The Morgan fingerprint density at radius 3 is 3.06 bits per heavy atom. The maximum absolute atomic E-state index is 9.89. The second kappa shape index (κ2) is 5.09. The summed E-state index contributed by atoms with van der Waals surface area (Å²) in [7, 11) is 0. The van der Waals surface area contributed by atoms with Gasteiger partial charge in [0.1, 0.15) is 0 Å². The molecule has 3 nitrogen and oxygen atoms in total. The average Bonchev–Trinajstić information content (AvgIpc) is 2.81. The third-order valence-corrected chi connectivity index (χ3v) is 3.14. The third-order valence-electron chi connectivity index (χ3n) is 2.43. The summed E-state index contributed by atoms with van der Waals surface area (Å²) in [6, 6.07) is 3.85. The van der Waals surface area contributed by atoms with Crippen LogP contribution in [0.2, 0.25) is 0 Å². The fourth-order valence-corrected chi connectivity index (χ4v) is 2.17. The van der Waals surface area contributed by atoms with Crippen molar-refractivity contribution in [3.63, 3.8) is 0 Å². The Balaban J connectivity index is 1.95. The van der Waals surface area contributed by atoms with Crippen LogP contribution in [0.3, 0.4) is 0 Å². The maximum Gasteiger partial charge on any atom is 0.0970 e. The molecule has 0 bridgehead atoms. The summed E-state index contributed by atoms with van der Waals surface area (Å²) in [6.07, 6.45) is 3.09. The number of nitrogens with zero attached hydrogens (tertiary/aromatic N) is 1. The highest BCUT2D eigenvalue weighted by molar-refractivity contribution is 7.07. The van der Waals surface area contributed by atoms with E-state index in [1.807, 2.05) is 29.8 Å². The monoisotopic (exact) mass is 234 g/mol. The van der Waals surface area contributed by atoms with Crippen LogP contribution in [0.15, 0.2) is 35.3 Å². The molecule has 0 aliphatic rings. The fraction of sp³-hybridized carbons (Fsp3) is 0.250. The second-order valence-electron chi connectivity index (χ2n) is 3.64. The lowest BCUT2D eigenvalue weighted by atomic mass is 10.2. The molecule has 0 aliphatic heterocycles. The number of nitrogens with one attached hydrogen (secondary N) is 1. The first-order valence-electron chi connectivity index (χ1n) is 5.12. The molecule has 0 aromatic carbocycles. The van der Waals surface area contributed by atoms with Crippen LogP contribution < -0.4 is 5.32 Å². The van der Waals surface area contributed by atoms with E-state index in [1.165, 1.54) is 0 Å². The molecule has 0 aliphatic carbocycles. The molecule has 0 amide bonds. The van der Waals surface area contributed by atoms with Crippen molar-refractivity contribution in [2.45, 2.75) is 13.0 Å². The number of rotatable bonds is 4. The first-order chi connectivity index (χ1) is 7.77. The van der Waals surface area contributed by atoms with Gasteiger partial charge in [-0.25, -0.2) is 0 Å². The van der Waals surface area contributed by atoms with Crippen LogP contribution in [0.5, 0.6) is 0 Å². The van der Waals surface area contributed by atoms with Gasteiger partial charge in [0.2, 0.25) is 0 Å². The Bertz CT molecular complexity index is 442. The van der Waals surface area contributed by atoms with Crippen molar-refractivity contribution in [1.29, 1.82) is 0 Å². The van der Waals surface area contributed by atoms with Crippen LogP contribution >= 0.6 is 11.3 Å². The number of pyridine rings is 1. The second-order valence-corrected chi connectivity index (χ2v) is 4.42. The van der Waals surface area contributed by atoms with Crippen molar-refractivity contribution in [2.24, 2.45) is 0 Å². The molecule has 0 radical (unpaired) electrons. The molecule has 0 spiro atoms. The van der Waals surface area contributed by atoms with Gasteiger partial charge in [-0.05, 0) is 40.9 Å². The SMILES string of the molecule is Cc1cnccc1NCC(O)c1ccsc1. The van der Waals surface area contributed by atoms with Gasteiger partial charge in [-0.1, -0.05) is 0 Å². The number of aliphatic hydroxyl groups excluding tert-OH is 1. The van der Waals surface area contributed by atoms with Crippen molar-refractivity contribution >= 4 is 17.0 Å². The van der Waals surface area contributed by atoms with Gasteiger partial charge in [0.15, 0.2) is 0 Å². The Labute approximate surface area is 98.8 Å². The first kappa shape index (κ1) is 11.1. The summed E-state index contributed by atoms with van der Waals surface area (Å²) in [5, 5.41) is 17.0. The van der Waals surface area contributed by atoms with Gasteiger partial charge in [-0.15, -0.1) is 0 Å². The van der Waals surface area contributed by atoms with Crippen LogP contribution in [0, 0.1) is 6.92 Å². The number of hydrogen-bond donors (Lipinski definition) is 2. The Morgan fingerprint density at radius 1 is 1.50 bits per heavy atom. The van der Waals surface area contributed by atoms with Crippen molar-refractivity contribution in [3.8, 4) is 0 Å². The number of hydrogen-bond acceptors (Lipinski definition) is 4. The van der Waals surface area contributed by atoms with Crippen LogP contribution in [0.25, 0.3) is 0 Å². The lowest BCUT2D eigenvalue weighted by Crippen LogP contribution is -2.12. The molecule has 2 N–H and O–H groups in total. The standard InChI is InChI=1S/C12H14N2OS/c1-9-6-13-4-2-11(9)14-7-12(15)10-3-5-16-8-10/h2-6,8,12,15H,7H2,1H3,(H,13,14). The van der Waals surface area contributed by atoms with E-state index in [-0.39, 0.29) is 0 Å². The fourth-order valence-electron chi connectivity index (χ4n) is 1.46. The van der Waals surface area contributed by atoms with E-state index in [4.69, 9.17) is 0 Å². The van der Waals surface area contributed by atoms with Crippen LogP contribution in [-0.2, 0) is 0 Å². The van der Waals surface area contributed by atoms with Gasteiger partial charge in [0, 0.05) is 24.6 Å². The van der Waals surface area contributed by atoms with Crippen molar-refractivity contribution < 1.29 is 5.11 Å². The van der Waals surface area contributed by atoms with E-state index in [9.17, 15) is 5.11 Å². The van der Waals surface area contributed by atoms with E-state index >= 15 is 0 Å². The topological polar surface area (TPSA) is 45.2 Å². The molecule has 84 valence electrons. The average molecular weight is 234 g/mol. The van der Waals surface area contributed by atoms with Crippen molar-refractivity contribution in [3.05, 3.63) is 46.4 Å². The molecule has 0 fully saturated rings. The molecule has 1 atom stereocenters. The Morgan fingerprint density at radius 2 is 2.38 bits per heavy atom. The molecule has 2 aromatic rings. The summed E-state index contributed by atoms with van der Waals surface area (Å²) in [5.41, 5.74) is 3.06. The van der Waals surface area contributed by atoms with Gasteiger partial charge in [-0.2, -0.15) is 11.3 Å². The largest absolute Gasteiger partial charge is 0.387 e. The summed E-state index contributed by atoms with van der Waals surface area (Å²) >= 11 is 1.59. The van der Waals surface area contributed by atoms with Gasteiger partial charge in [0.25, 0.3) is 0 Å². The number of aryl methyl sites for hydroxylation is 1. The van der Waals surface area contributed by atoms with E-state index in [0.29, 0.717) is 6.54 Å². The van der Waals surface area contributed by atoms with E-state index in [1.54, 1.807) is 23.7 Å². The number of aromatic nitrogens is 1. The summed E-state index contributed by atoms with van der Waals surface area (Å²) in [6.45, 7) is 2.51. The van der Waals surface area contributed by atoms with Crippen LogP contribution in [-0.4, -0.2) is 16.6 Å². The number of thiophene rings is 1. The molecule has 2 aromatic heterocycles. The molecule has 0 saturated heterocycles.